The Labute approximate surface area is 227 Å². The summed E-state index contributed by atoms with van der Waals surface area (Å²) in [7, 11) is 1.84. The molecular weight excluding hydrogens is 476 g/mol. The topological polar surface area (TPSA) is 85.8 Å². The number of aromatic nitrogens is 1. The Kier molecular flexibility index (Phi) is 8.61. The van der Waals surface area contributed by atoms with Crippen molar-refractivity contribution in [3.63, 3.8) is 0 Å². The summed E-state index contributed by atoms with van der Waals surface area (Å²) < 4.78 is 1.78. The third kappa shape index (κ3) is 5.96. The Morgan fingerprint density at radius 2 is 1.84 bits per heavy atom. The fourth-order valence-corrected chi connectivity index (χ4v) is 5.91. The number of piperidine rings is 1. The summed E-state index contributed by atoms with van der Waals surface area (Å²) in [6.07, 6.45) is 4.37. The zero-order valence-electron chi connectivity index (χ0n) is 24.0. The molecule has 0 spiro atoms. The van der Waals surface area contributed by atoms with Crippen LogP contribution in [-0.4, -0.2) is 60.4 Å². The van der Waals surface area contributed by atoms with Crippen molar-refractivity contribution in [1.82, 2.24) is 9.80 Å². The third-order valence-electron chi connectivity index (χ3n) is 8.27. The van der Waals surface area contributed by atoms with Crippen LogP contribution in [0.3, 0.4) is 0 Å². The monoisotopic (exact) mass is 521 g/mol. The second-order valence-electron chi connectivity index (χ2n) is 11.4. The SMILES string of the molecule is CCc1cc(NC(=O)C(=O)N2C[C@@H](C)CC[C@@H]2c2ccc(N3CCN(C(C)C)CC3)c(C)c2)c[n+](C)c1N. The lowest BCUT2D eigenvalue weighted by atomic mass is 9.89. The van der Waals surface area contributed by atoms with Gasteiger partial charge in [0, 0.05) is 50.0 Å². The van der Waals surface area contributed by atoms with Gasteiger partial charge in [0.05, 0.1) is 18.8 Å². The van der Waals surface area contributed by atoms with Crippen molar-refractivity contribution in [3.8, 4) is 0 Å². The van der Waals surface area contributed by atoms with Gasteiger partial charge in [-0.15, -0.1) is 0 Å². The molecule has 38 heavy (non-hydrogen) atoms. The van der Waals surface area contributed by atoms with E-state index in [0.717, 1.165) is 56.6 Å². The number of anilines is 3. The number of carbonyl (C=O) groups excluding carboxylic acids is 2. The lowest BCUT2D eigenvalue weighted by Crippen LogP contribution is -2.49. The molecule has 0 unspecified atom stereocenters. The molecular formula is C30H45N6O2+. The predicted octanol–water partition coefficient (Wildman–Crippen LogP) is 3.43. The van der Waals surface area contributed by atoms with Gasteiger partial charge in [-0.05, 0) is 69.2 Å². The first-order chi connectivity index (χ1) is 18.1. The maximum atomic E-state index is 13.5. The van der Waals surface area contributed by atoms with E-state index in [2.05, 4.69) is 61.0 Å². The first kappa shape index (κ1) is 27.9. The normalized spacial score (nSPS) is 20.6. The maximum Gasteiger partial charge on any atom is 0.314 e. The number of rotatable bonds is 5. The zero-order chi connectivity index (χ0) is 27.6. The molecule has 2 aliphatic heterocycles. The number of nitrogen functional groups attached to an aromatic ring is 1. The Morgan fingerprint density at radius 1 is 1.13 bits per heavy atom. The molecule has 8 nitrogen and oxygen atoms in total. The highest BCUT2D eigenvalue weighted by molar-refractivity contribution is 6.39. The molecule has 2 saturated heterocycles. The smallest absolute Gasteiger partial charge is 0.314 e. The van der Waals surface area contributed by atoms with Gasteiger partial charge in [0.2, 0.25) is 0 Å². The van der Waals surface area contributed by atoms with Crippen LogP contribution in [0, 0.1) is 12.8 Å². The summed E-state index contributed by atoms with van der Waals surface area (Å²) in [5, 5.41) is 2.83. The van der Waals surface area contributed by atoms with Crippen LogP contribution in [0.1, 0.15) is 63.3 Å². The van der Waals surface area contributed by atoms with Crippen LogP contribution in [0.2, 0.25) is 0 Å². The second-order valence-corrected chi connectivity index (χ2v) is 11.4. The molecule has 2 aliphatic rings. The van der Waals surface area contributed by atoms with Crippen molar-refractivity contribution in [2.45, 2.75) is 66.0 Å². The second kappa shape index (κ2) is 11.7. The fraction of sp³-hybridized carbons (Fsp3) is 0.567. The van der Waals surface area contributed by atoms with Crippen molar-refractivity contribution in [2.75, 3.05) is 48.7 Å². The first-order valence-corrected chi connectivity index (χ1v) is 14.1. The lowest BCUT2D eigenvalue weighted by molar-refractivity contribution is -0.656. The largest absolute Gasteiger partial charge is 0.369 e. The van der Waals surface area contributed by atoms with Crippen LogP contribution in [0.15, 0.2) is 30.5 Å². The van der Waals surface area contributed by atoms with Crippen molar-refractivity contribution < 1.29 is 14.2 Å². The third-order valence-corrected chi connectivity index (χ3v) is 8.27. The summed E-state index contributed by atoms with van der Waals surface area (Å²) in [6, 6.07) is 8.90. The van der Waals surface area contributed by atoms with Crippen molar-refractivity contribution in [1.29, 1.82) is 0 Å². The number of hydrogen-bond donors (Lipinski definition) is 2. The summed E-state index contributed by atoms with van der Waals surface area (Å²) >= 11 is 0. The van der Waals surface area contributed by atoms with E-state index < -0.39 is 11.8 Å². The number of hydrogen-bond acceptors (Lipinski definition) is 5. The molecule has 206 valence electrons. The lowest BCUT2D eigenvalue weighted by Gasteiger charge is -2.40. The molecule has 0 aliphatic carbocycles. The summed E-state index contributed by atoms with van der Waals surface area (Å²) in [5.74, 6) is -0.0816. The first-order valence-electron chi connectivity index (χ1n) is 14.1. The van der Waals surface area contributed by atoms with E-state index in [0.29, 0.717) is 30.0 Å². The molecule has 2 amide bonds. The molecule has 2 atom stereocenters. The van der Waals surface area contributed by atoms with Gasteiger partial charge in [0.1, 0.15) is 6.20 Å². The number of nitrogens with two attached hydrogens (primary N) is 1. The predicted molar refractivity (Wildman–Crippen MR) is 153 cm³/mol. The van der Waals surface area contributed by atoms with E-state index in [1.165, 1.54) is 11.3 Å². The van der Waals surface area contributed by atoms with Gasteiger partial charge in [-0.1, -0.05) is 26.0 Å². The summed E-state index contributed by atoms with van der Waals surface area (Å²) in [4.78, 5) is 33.4. The number of pyridine rings is 1. The van der Waals surface area contributed by atoms with Crippen LogP contribution in [0.4, 0.5) is 17.2 Å². The molecule has 0 radical (unpaired) electrons. The van der Waals surface area contributed by atoms with E-state index in [1.807, 2.05) is 20.0 Å². The molecule has 0 bridgehead atoms. The van der Waals surface area contributed by atoms with Gasteiger partial charge in [0.25, 0.3) is 5.82 Å². The number of nitrogens with zero attached hydrogens (tertiary/aromatic N) is 4. The highest BCUT2D eigenvalue weighted by Crippen LogP contribution is 2.35. The van der Waals surface area contributed by atoms with E-state index in [-0.39, 0.29) is 6.04 Å². The molecule has 1 aromatic heterocycles. The fourth-order valence-electron chi connectivity index (χ4n) is 5.91. The van der Waals surface area contributed by atoms with Gasteiger partial charge in [-0.3, -0.25) is 20.2 Å². The number of nitrogens with one attached hydrogen (secondary N) is 1. The summed E-state index contributed by atoms with van der Waals surface area (Å²) in [6.45, 7) is 15.6. The van der Waals surface area contributed by atoms with Crippen molar-refractivity contribution in [3.05, 3.63) is 47.2 Å². The number of carbonyl (C=O) groups is 2. The Morgan fingerprint density at radius 3 is 2.47 bits per heavy atom. The molecule has 2 fully saturated rings. The maximum absolute atomic E-state index is 13.5. The van der Waals surface area contributed by atoms with E-state index in [9.17, 15) is 9.59 Å². The standard InChI is InChI=1S/C30H44N6O2/c1-7-23-17-25(19-33(6)28(23)31)32-29(37)30(38)36-18-21(4)8-10-27(36)24-9-11-26(22(5)16-24)35-14-12-34(13-15-35)20(2)3/h9,11,16-17,19-21,27,31H,7-8,10,12-15,18H2,1-6H3,(H,32,37)/p+1/t21-,27+/m0/s1. The molecule has 8 heteroatoms. The molecule has 0 saturated carbocycles. The molecule has 3 N–H and O–H groups in total. The number of piperazine rings is 1. The molecule has 3 heterocycles. The molecule has 4 rings (SSSR count). The molecule has 2 aromatic rings. The average molecular weight is 522 g/mol. The summed E-state index contributed by atoms with van der Waals surface area (Å²) in [5.41, 5.74) is 11.2. The number of aryl methyl sites for hydroxylation is 3. The Hall–Kier alpha value is -3.13. The highest BCUT2D eigenvalue weighted by atomic mass is 16.2. The van der Waals surface area contributed by atoms with Crippen LogP contribution in [-0.2, 0) is 23.1 Å². The van der Waals surface area contributed by atoms with E-state index >= 15 is 0 Å². The average Bonchev–Trinajstić information content (AvgIpc) is 2.90. The van der Waals surface area contributed by atoms with Crippen molar-refractivity contribution in [2.24, 2.45) is 13.0 Å². The van der Waals surface area contributed by atoms with Crippen molar-refractivity contribution >= 4 is 29.0 Å². The number of benzene rings is 1. The Bertz CT molecular complexity index is 1170. The number of likely N-dealkylation sites (tertiary alicyclic amines) is 1. The van der Waals surface area contributed by atoms with Crippen LogP contribution in [0.5, 0.6) is 0 Å². The minimum atomic E-state index is -0.604. The minimum Gasteiger partial charge on any atom is -0.369 e. The number of amides is 2. The van der Waals surface area contributed by atoms with Gasteiger partial charge < -0.3 is 15.1 Å². The van der Waals surface area contributed by atoms with Gasteiger partial charge in [-0.25, -0.2) is 4.57 Å². The van der Waals surface area contributed by atoms with Crippen LogP contribution >= 0.6 is 0 Å². The van der Waals surface area contributed by atoms with Gasteiger partial charge in [0.15, 0.2) is 0 Å². The van der Waals surface area contributed by atoms with Crippen LogP contribution < -0.4 is 20.5 Å². The molecule has 1 aromatic carbocycles. The van der Waals surface area contributed by atoms with E-state index in [1.54, 1.807) is 15.7 Å². The zero-order valence-corrected chi connectivity index (χ0v) is 24.0. The van der Waals surface area contributed by atoms with Crippen LogP contribution in [0.25, 0.3) is 0 Å². The minimum absolute atomic E-state index is 0.108. The van der Waals surface area contributed by atoms with E-state index in [4.69, 9.17) is 5.73 Å². The van der Waals surface area contributed by atoms with Gasteiger partial charge >= 0.3 is 11.8 Å². The highest BCUT2D eigenvalue weighted by Gasteiger charge is 2.35. The Balaban J connectivity index is 1.51. The van der Waals surface area contributed by atoms with Gasteiger partial charge in [-0.2, -0.15) is 0 Å². The quantitative estimate of drug-likeness (QED) is 0.465.